The summed E-state index contributed by atoms with van der Waals surface area (Å²) in [6.07, 6.45) is 3.42. The van der Waals surface area contributed by atoms with Crippen LogP contribution in [0, 0.1) is 0 Å². The number of hydrogen-bond acceptors (Lipinski definition) is 6. The molecule has 0 aliphatic rings. The lowest BCUT2D eigenvalue weighted by molar-refractivity contribution is -0.113. The number of ether oxygens (including phenoxy) is 1. The molecule has 156 valence electrons. The predicted molar refractivity (Wildman–Crippen MR) is 125 cm³/mol. The van der Waals surface area contributed by atoms with Crippen LogP contribution in [-0.4, -0.2) is 38.5 Å². The van der Waals surface area contributed by atoms with E-state index in [0.29, 0.717) is 11.0 Å². The molecule has 7 nitrogen and oxygen atoms in total. The molecule has 0 saturated heterocycles. The number of carbonyl (C=O) groups excluding carboxylic acids is 1. The molecule has 9 heteroatoms. The summed E-state index contributed by atoms with van der Waals surface area (Å²) in [5, 5.41) is 12.2. The zero-order valence-corrected chi connectivity index (χ0v) is 18.9. The molecule has 4 rings (SSSR count). The molecule has 1 amide bonds. The molecule has 0 atom stereocenters. The molecule has 2 aromatic heterocycles. The van der Waals surface area contributed by atoms with Crippen LogP contribution in [0.15, 0.2) is 82.7 Å². The van der Waals surface area contributed by atoms with Gasteiger partial charge in [-0.2, -0.15) is 0 Å². The molecule has 0 unspecified atom stereocenters. The summed E-state index contributed by atoms with van der Waals surface area (Å²) in [6.45, 7) is 0. The van der Waals surface area contributed by atoms with Gasteiger partial charge < -0.3 is 10.1 Å². The van der Waals surface area contributed by atoms with Gasteiger partial charge in [0.1, 0.15) is 5.75 Å². The van der Waals surface area contributed by atoms with Crippen LogP contribution in [0.3, 0.4) is 0 Å². The van der Waals surface area contributed by atoms with E-state index in [1.165, 1.54) is 11.8 Å². The molecule has 2 heterocycles. The van der Waals surface area contributed by atoms with Crippen LogP contribution in [0.2, 0.25) is 0 Å². The quantitative estimate of drug-likeness (QED) is 0.369. The number of hydrogen-bond donors (Lipinski definition) is 1. The normalized spacial score (nSPS) is 10.6. The third kappa shape index (κ3) is 4.95. The molecule has 31 heavy (non-hydrogen) atoms. The lowest BCUT2D eigenvalue weighted by Gasteiger charge is -2.11. The van der Waals surface area contributed by atoms with Gasteiger partial charge in [-0.3, -0.25) is 14.3 Å². The van der Waals surface area contributed by atoms with Crippen molar-refractivity contribution in [1.29, 1.82) is 0 Å². The van der Waals surface area contributed by atoms with Gasteiger partial charge in [-0.05, 0) is 64.5 Å². The molecule has 0 saturated carbocycles. The van der Waals surface area contributed by atoms with E-state index in [1.807, 2.05) is 65.2 Å². The van der Waals surface area contributed by atoms with Crippen LogP contribution >= 0.6 is 27.7 Å². The Morgan fingerprint density at radius 1 is 1.06 bits per heavy atom. The number of halogens is 1. The second-order valence-electron chi connectivity index (χ2n) is 6.39. The summed E-state index contributed by atoms with van der Waals surface area (Å²) < 4.78 is 8.02. The van der Waals surface area contributed by atoms with E-state index in [0.717, 1.165) is 27.2 Å². The van der Waals surface area contributed by atoms with E-state index in [1.54, 1.807) is 19.5 Å². The zero-order valence-electron chi connectivity index (χ0n) is 16.5. The third-order valence-corrected chi connectivity index (χ3v) is 6.00. The van der Waals surface area contributed by atoms with Crippen molar-refractivity contribution in [3.8, 4) is 22.8 Å². The molecular formula is C22H18BrN5O2S. The fourth-order valence-electron chi connectivity index (χ4n) is 2.89. The monoisotopic (exact) mass is 495 g/mol. The Morgan fingerprint density at radius 3 is 2.52 bits per heavy atom. The van der Waals surface area contributed by atoms with Crippen LogP contribution in [0.5, 0.6) is 5.75 Å². The van der Waals surface area contributed by atoms with Crippen LogP contribution in [0.25, 0.3) is 17.1 Å². The molecule has 4 aromatic rings. The number of pyridine rings is 1. The first-order chi connectivity index (χ1) is 15.2. The number of para-hydroxylation sites is 1. The highest BCUT2D eigenvalue weighted by atomic mass is 79.9. The highest BCUT2D eigenvalue weighted by molar-refractivity contribution is 9.10. The van der Waals surface area contributed by atoms with Crippen molar-refractivity contribution in [2.45, 2.75) is 5.16 Å². The van der Waals surface area contributed by atoms with Gasteiger partial charge in [-0.15, -0.1) is 10.2 Å². The fraction of sp³-hybridized carbons (Fsp3) is 0.0909. The number of amides is 1. The van der Waals surface area contributed by atoms with Gasteiger partial charge in [0.05, 0.1) is 18.6 Å². The van der Waals surface area contributed by atoms with Gasteiger partial charge in [0.2, 0.25) is 5.91 Å². The van der Waals surface area contributed by atoms with Crippen LogP contribution < -0.4 is 10.1 Å². The first kappa shape index (κ1) is 21.1. The van der Waals surface area contributed by atoms with E-state index in [4.69, 9.17) is 4.74 Å². The second-order valence-corrected chi connectivity index (χ2v) is 8.19. The number of carbonyl (C=O) groups is 1. The molecule has 0 aliphatic carbocycles. The molecule has 1 N–H and O–H groups in total. The van der Waals surface area contributed by atoms with Crippen molar-refractivity contribution in [3.05, 3.63) is 77.5 Å². The minimum atomic E-state index is -0.133. The minimum Gasteiger partial charge on any atom is -0.497 e. The summed E-state index contributed by atoms with van der Waals surface area (Å²) in [7, 11) is 1.63. The Morgan fingerprint density at radius 2 is 1.81 bits per heavy atom. The Bertz CT molecular complexity index is 1180. The summed E-state index contributed by atoms with van der Waals surface area (Å²) in [5.41, 5.74) is 2.47. The smallest absolute Gasteiger partial charge is 0.234 e. The fourth-order valence-corrected chi connectivity index (χ4v) is 4.03. The van der Waals surface area contributed by atoms with E-state index in [9.17, 15) is 4.79 Å². The minimum absolute atomic E-state index is 0.133. The molecular weight excluding hydrogens is 478 g/mol. The number of methoxy groups -OCH3 is 1. The number of nitrogens with zero attached hydrogens (tertiary/aromatic N) is 4. The standard InChI is InChI=1S/C22H18BrN5O2S/c1-30-17-8-6-16(7-9-17)28-21(15-10-12-24-13-11-15)26-27-22(28)31-14-20(29)25-19-5-3-2-4-18(19)23/h2-13H,14H2,1H3,(H,25,29). The van der Waals surface area contributed by atoms with Crippen LogP contribution in [0.4, 0.5) is 5.69 Å². The van der Waals surface area contributed by atoms with Crippen molar-refractivity contribution in [1.82, 2.24) is 19.7 Å². The third-order valence-electron chi connectivity index (χ3n) is 4.38. The molecule has 0 fully saturated rings. The summed E-state index contributed by atoms with van der Waals surface area (Å²) in [4.78, 5) is 16.6. The number of anilines is 1. The van der Waals surface area contributed by atoms with Gasteiger partial charge in [0.15, 0.2) is 11.0 Å². The number of benzene rings is 2. The average molecular weight is 496 g/mol. The molecule has 0 radical (unpaired) electrons. The van der Waals surface area contributed by atoms with E-state index in [2.05, 4.69) is 36.4 Å². The predicted octanol–water partition coefficient (Wildman–Crippen LogP) is 4.83. The van der Waals surface area contributed by atoms with Crippen molar-refractivity contribution in [2.75, 3.05) is 18.2 Å². The van der Waals surface area contributed by atoms with E-state index >= 15 is 0 Å². The number of nitrogens with one attached hydrogen (secondary N) is 1. The first-order valence-electron chi connectivity index (χ1n) is 9.33. The maximum Gasteiger partial charge on any atom is 0.234 e. The van der Waals surface area contributed by atoms with Crippen molar-refractivity contribution < 1.29 is 9.53 Å². The number of thioether (sulfide) groups is 1. The van der Waals surface area contributed by atoms with E-state index < -0.39 is 0 Å². The Kier molecular flexibility index (Phi) is 6.63. The SMILES string of the molecule is COc1ccc(-n2c(SCC(=O)Nc3ccccc3Br)nnc2-c2ccncc2)cc1. The van der Waals surface area contributed by atoms with Crippen molar-refractivity contribution >= 4 is 39.3 Å². The molecule has 0 bridgehead atoms. The Hall–Kier alpha value is -3.17. The largest absolute Gasteiger partial charge is 0.497 e. The topological polar surface area (TPSA) is 81.9 Å². The molecule has 2 aromatic carbocycles. The van der Waals surface area contributed by atoms with Gasteiger partial charge in [0.25, 0.3) is 0 Å². The highest BCUT2D eigenvalue weighted by Crippen LogP contribution is 2.29. The van der Waals surface area contributed by atoms with Crippen molar-refractivity contribution in [2.24, 2.45) is 0 Å². The maximum absolute atomic E-state index is 12.5. The lowest BCUT2D eigenvalue weighted by Crippen LogP contribution is -2.15. The Balaban J connectivity index is 1.60. The highest BCUT2D eigenvalue weighted by Gasteiger charge is 2.17. The van der Waals surface area contributed by atoms with Gasteiger partial charge in [-0.25, -0.2) is 0 Å². The van der Waals surface area contributed by atoms with Crippen molar-refractivity contribution in [3.63, 3.8) is 0 Å². The zero-order chi connectivity index (χ0) is 21.6. The van der Waals surface area contributed by atoms with Crippen LogP contribution in [0.1, 0.15) is 0 Å². The molecule has 0 spiro atoms. The Labute approximate surface area is 192 Å². The average Bonchev–Trinajstić information content (AvgIpc) is 3.24. The van der Waals surface area contributed by atoms with Crippen LogP contribution in [-0.2, 0) is 4.79 Å². The van der Waals surface area contributed by atoms with Gasteiger partial charge in [-0.1, -0.05) is 23.9 Å². The second kappa shape index (κ2) is 9.76. The number of rotatable bonds is 7. The summed E-state index contributed by atoms with van der Waals surface area (Å²) >= 11 is 4.76. The molecule has 0 aliphatic heterocycles. The van der Waals surface area contributed by atoms with Gasteiger partial charge in [0, 0.05) is 28.1 Å². The lowest BCUT2D eigenvalue weighted by atomic mass is 10.2. The van der Waals surface area contributed by atoms with E-state index in [-0.39, 0.29) is 11.7 Å². The maximum atomic E-state index is 12.5. The van der Waals surface area contributed by atoms with Gasteiger partial charge >= 0.3 is 0 Å². The summed E-state index contributed by atoms with van der Waals surface area (Å²) in [5.74, 6) is 1.48. The first-order valence-corrected chi connectivity index (χ1v) is 11.1. The summed E-state index contributed by atoms with van der Waals surface area (Å²) in [6, 6.07) is 18.8. The number of aromatic nitrogens is 4.